The summed E-state index contributed by atoms with van der Waals surface area (Å²) in [5.74, 6) is 0.886. The number of sulfonamides is 1. The molecule has 0 fully saturated rings. The van der Waals surface area contributed by atoms with Crippen LogP contribution in [-0.2, 0) is 10.0 Å². The minimum atomic E-state index is -3.29. The van der Waals surface area contributed by atoms with E-state index in [0.717, 1.165) is 0 Å². The lowest BCUT2D eigenvalue weighted by Gasteiger charge is -2.22. The Balaban J connectivity index is 0.00000729. The summed E-state index contributed by atoms with van der Waals surface area (Å²) in [6.07, 6.45) is 0. The zero-order valence-electron chi connectivity index (χ0n) is 17.0. The van der Waals surface area contributed by atoms with Crippen LogP contribution in [0.1, 0.15) is 20.8 Å². The Hall–Kier alpha value is -1.14. The number of rotatable bonds is 11. The van der Waals surface area contributed by atoms with Gasteiger partial charge in [-0.1, -0.05) is 13.8 Å². The normalized spacial score (nSPS) is 11.9. The van der Waals surface area contributed by atoms with Crippen molar-refractivity contribution < 1.29 is 17.5 Å². The molecule has 1 aromatic carbocycles. The lowest BCUT2D eigenvalue weighted by molar-refractivity contribution is 0.281. The van der Waals surface area contributed by atoms with Gasteiger partial charge in [0.05, 0.1) is 18.8 Å². The summed E-state index contributed by atoms with van der Waals surface area (Å²) >= 11 is 0. The van der Waals surface area contributed by atoms with E-state index in [1.165, 1.54) is 16.4 Å². The van der Waals surface area contributed by atoms with Gasteiger partial charge in [-0.3, -0.25) is 4.99 Å². The molecule has 0 aliphatic heterocycles. The van der Waals surface area contributed by atoms with E-state index in [1.54, 1.807) is 12.1 Å². The molecule has 7 nitrogen and oxygen atoms in total. The number of ether oxygens (including phenoxy) is 1. The number of hydrogen-bond donors (Lipinski definition) is 1. The highest BCUT2D eigenvalue weighted by atomic mass is 127. The molecule has 0 heterocycles. The molecular weight excluding hydrogens is 498 g/mol. The molecule has 0 atom stereocenters. The summed E-state index contributed by atoms with van der Waals surface area (Å²) in [6, 6.07) is 5.85. The van der Waals surface area contributed by atoms with Crippen LogP contribution in [0, 0.1) is 5.82 Å². The van der Waals surface area contributed by atoms with E-state index in [1.807, 2.05) is 32.7 Å². The molecule has 0 spiro atoms. The fourth-order valence-electron chi connectivity index (χ4n) is 2.42. The van der Waals surface area contributed by atoms with Crippen molar-refractivity contribution in [3.63, 3.8) is 0 Å². The highest BCUT2D eigenvalue weighted by Gasteiger charge is 2.18. The topological polar surface area (TPSA) is 74.2 Å². The monoisotopic (exact) mass is 530 g/mol. The van der Waals surface area contributed by atoms with Gasteiger partial charge >= 0.3 is 0 Å². The molecular formula is C18H32FIN4O3S. The number of likely N-dealkylation sites (N-methyl/N-ethyl adjacent to an activating group) is 1. The first kappa shape index (κ1) is 26.9. The van der Waals surface area contributed by atoms with Crippen molar-refractivity contribution in [2.24, 2.45) is 4.99 Å². The van der Waals surface area contributed by atoms with Gasteiger partial charge in [0, 0.05) is 26.7 Å². The number of nitrogens with zero attached hydrogens (tertiary/aromatic N) is 3. The number of benzene rings is 1. The summed E-state index contributed by atoms with van der Waals surface area (Å²) in [5, 5.41) is 3.14. The molecule has 0 aromatic heterocycles. The molecule has 0 bridgehead atoms. The highest BCUT2D eigenvalue weighted by Crippen LogP contribution is 2.10. The maximum Gasteiger partial charge on any atom is 0.215 e. The zero-order chi connectivity index (χ0) is 20.3. The number of halogens is 2. The lowest BCUT2D eigenvalue weighted by atomic mass is 10.3. The fourth-order valence-corrected chi connectivity index (χ4v) is 3.79. The summed E-state index contributed by atoms with van der Waals surface area (Å²) in [5.41, 5.74) is 0. The van der Waals surface area contributed by atoms with Gasteiger partial charge in [0.15, 0.2) is 5.96 Å². The molecule has 0 saturated carbocycles. The first-order valence-corrected chi connectivity index (χ1v) is 10.8. The van der Waals surface area contributed by atoms with E-state index in [2.05, 4.69) is 10.3 Å². The third-order valence-electron chi connectivity index (χ3n) is 3.92. The molecule has 0 aliphatic carbocycles. The number of hydrogen-bond acceptors (Lipinski definition) is 4. The van der Waals surface area contributed by atoms with Crippen molar-refractivity contribution in [1.82, 2.24) is 14.5 Å². The predicted molar refractivity (Wildman–Crippen MR) is 123 cm³/mol. The van der Waals surface area contributed by atoms with Gasteiger partial charge in [-0.15, -0.1) is 24.0 Å². The molecule has 0 amide bonds. The molecule has 10 heteroatoms. The van der Waals surface area contributed by atoms with Crippen molar-refractivity contribution in [3.8, 4) is 5.75 Å². The molecule has 1 aromatic rings. The van der Waals surface area contributed by atoms with Crippen LogP contribution in [0.5, 0.6) is 5.75 Å². The Morgan fingerprint density at radius 1 is 1.18 bits per heavy atom. The lowest BCUT2D eigenvalue weighted by Crippen LogP contribution is -2.41. The van der Waals surface area contributed by atoms with E-state index in [0.29, 0.717) is 44.5 Å². The largest absolute Gasteiger partial charge is 0.492 e. The third-order valence-corrected chi connectivity index (χ3v) is 5.92. The van der Waals surface area contributed by atoms with Crippen molar-refractivity contribution in [1.29, 1.82) is 0 Å². The first-order chi connectivity index (χ1) is 12.8. The standard InChI is InChI=1S/C18H31FN4O3S.HI/c1-5-20-18(21-12-15-27(24,25)23(6-2)7-3)22(4)13-14-26-17-10-8-16(19)9-11-17;/h8-11H,5-7,12-15H2,1-4H3,(H,20,21);1H. The first-order valence-electron chi connectivity index (χ1n) is 9.19. The number of aliphatic imine (C=N–C) groups is 1. The van der Waals surface area contributed by atoms with Gasteiger partial charge in [-0.25, -0.2) is 17.1 Å². The van der Waals surface area contributed by atoms with Crippen molar-refractivity contribution in [3.05, 3.63) is 30.1 Å². The Morgan fingerprint density at radius 2 is 1.79 bits per heavy atom. The van der Waals surface area contributed by atoms with Crippen LogP contribution in [0.4, 0.5) is 4.39 Å². The minimum absolute atomic E-state index is 0. The van der Waals surface area contributed by atoms with Crippen LogP contribution in [0.25, 0.3) is 0 Å². The quantitative estimate of drug-likeness (QED) is 0.270. The molecule has 162 valence electrons. The molecule has 0 radical (unpaired) electrons. The third kappa shape index (κ3) is 9.37. The van der Waals surface area contributed by atoms with Crippen molar-refractivity contribution in [2.45, 2.75) is 20.8 Å². The van der Waals surface area contributed by atoms with E-state index < -0.39 is 10.0 Å². The average molecular weight is 530 g/mol. The van der Waals surface area contributed by atoms with Gasteiger partial charge in [0.1, 0.15) is 18.2 Å². The molecule has 1 N–H and O–H groups in total. The SMILES string of the molecule is CCNC(=NCCS(=O)(=O)N(CC)CC)N(C)CCOc1ccc(F)cc1.I. The Labute approximate surface area is 185 Å². The Bertz CT molecular complexity index is 683. The molecule has 28 heavy (non-hydrogen) atoms. The second-order valence-corrected chi connectivity index (χ2v) is 7.95. The molecule has 0 aliphatic rings. The second kappa shape index (κ2) is 13.9. The number of guanidine groups is 1. The molecule has 0 saturated heterocycles. The smallest absolute Gasteiger partial charge is 0.215 e. The second-order valence-electron chi connectivity index (χ2n) is 5.86. The van der Waals surface area contributed by atoms with Crippen LogP contribution < -0.4 is 10.1 Å². The van der Waals surface area contributed by atoms with E-state index in [-0.39, 0.29) is 42.1 Å². The maximum atomic E-state index is 12.9. The summed E-state index contributed by atoms with van der Waals surface area (Å²) < 4.78 is 44.4. The van der Waals surface area contributed by atoms with E-state index >= 15 is 0 Å². The van der Waals surface area contributed by atoms with Crippen LogP contribution >= 0.6 is 24.0 Å². The highest BCUT2D eigenvalue weighted by molar-refractivity contribution is 14.0. The fraction of sp³-hybridized carbons (Fsp3) is 0.611. The van der Waals surface area contributed by atoms with Gasteiger partial charge in [0.2, 0.25) is 10.0 Å². The predicted octanol–water partition coefficient (Wildman–Crippen LogP) is 2.39. The summed E-state index contributed by atoms with van der Waals surface area (Å²) in [6.45, 7) is 8.31. The number of nitrogens with one attached hydrogen (secondary N) is 1. The van der Waals surface area contributed by atoms with E-state index in [9.17, 15) is 12.8 Å². The molecule has 1 rings (SSSR count). The van der Waals surface area contributed by atoms with Crippen LogP contribution in [0.3, 0.4) is 0 Å². The van der Waals surface area contributed by atoms with Gasteiger partial charge < -0.3 is 15.0 Å². The van der Waals surface area contributed by atoms with Gasteiger partial charge in [0.25, 0.3) is 0 Å². The average Bonchev–Trinajstić information content (AvgIpc) is 2.63. The van der Waals surface area contributed by atoms with Crippen LogP contribution in [-0.4, -0.2) is 75.7 Å². The zero-order valence-corrected chi connectivity index (χ0v) is 20.2. The maximum absolute atomic E-state index is 12.9. The van der Waals surface area contributed by atoms with Crippen molar-refractivity contribution >= 4 is 40.0 Å². The summed E-state index contributed by atoms with van der Waals surface area (Å²) in [7, 11) is -1.44. The van der Waals surface area contributed by atoms with Crippen LogP contribution in [0.2, 0.25) is 0 Å². The van der Waals surface area contributed by atoms with Gasteiger partial charge in [-0.05, 0) is 31.2 Å². The van der Waals surface area contributed by atoms with Crippen molar-refractivity contribution in [2.75, 3.05) is 52.1 Å². The minimum Gasteiger partial charge on any atom is -0.492 e. The molecule has 0 unspecified atom stereocenters. The Morgan fingerprint density at radius 3 is 2.32 bits per heavy atom. The van der Waals surface area contributed by atoms with Gasteiger partial charge in [-0.2, -0.15) is 0 Å². The summed E-state index contributed by atoms with van der Waals surface area (Å²) in [4.78, 5) is 6.28. The van der Waals surface area contributed by atoms with E-state index in [4.69, 9.17) is 4.74 Å². The van der Waals surface area contributed by atoms with Crippen LogP contribution in [0.15, 0.2) is 29.3 Å². The Kier molecular flexibility index (Phi) is 13.4.